The minimum absolute atomic E-state index is 0.337. The van der Waals surface area contributed by atoms with Gasteiger partial charge in [-0.15, -0.1) is 0 Å². The number of hydrogen-bond donors (Lipinski definition) is 1. The lowest BCUT2D eigenvalue weighted by molar-refractivity contribution is -0.133. The number of piperazine rings is 1. The second-order valence-corrected chi connectivity index (χ2v) is 6.38. The van der Waals surface area contributed by atoms with E-state index in [0.717, 1.165) is 57.9 Å². The number of nitrogens with one attached hydrogen (secondary N) is 1. The molecule has 0 aromatic carbocycles. The Morgan fingerprint density at radius 2 is 2.14 bits per heavy atom. The Bertz CT molecular complexity index is 465. The highest BCUT2D eigenvalue weighted by Crippen LogP contribution is 2.16. The van der Waals surface area contributed by atoms with Crippen LogP contribution in [0.15, 0.2) is 24.4 Å². The third-order valence-electron chi connectivity index (χ3n) is 4.77. The van der Waals surface area contributed by atoms with Crippen molar-refractivity contribution >= 4 is 5.91 Å². The fourth-order valence-corrected chi connectivity index (χ4v) is 3.32. The molecule has 0 saturated carbocycles. The van der Waals surface area contributed by atoms with Crippen molar-refractivity contribution in [1.29, 1.82) is 0 Å². The average molecular weight is 302 g/mol. The number of carbonyl (C=O) groups excluding carboxylic acids is 1. The quantitative estimate of drug-likeness (QED) is 0.885. The Hall–Kier alpha value is -1.46. The Kier molecular flexibility index (Phi) is 5.40. The summed E-state index contributed by atoms with van der Waals surface area (Å²) < 4.78 is 0. The van der Waals surface area contributed by atoms with Crippen LogP contribution in [0.5, 0.6) is 0 Å². The summed E-state index contributed by atoms with van der Waals surface area (Å²) in [4.78, 5) is 21.1. The number of rotatable bonds is 5. The van der Waals surface area contributed by atoms with Gasteiger partial charge in [0.2, 0.25) is 5.91 Å². The van der Waals surface area contributed by atoms with Gasteiger partial charge in [-0.25, -0.2) is 0 Å². The number of amides is 1. The van der Waals surface area contributed by atoms with Gasteiger partial charge in [-0.3, -0.25) is 14.7 Å². The molecule has 1 aromatic rings. The summed E-state index contributed by atoms with van der Waals surface area (Å²) in [5.41, 5.74) is 1.11. The topological polar surface area (TPSA) is 48.5 Å². The third-order valence-corrected chi connectivity index (χ3v) is 4.77. The highest BCUT2D eigenvalue weighted by molar-refractivity contribution is 5.76. The zero-order valence-electron chi connectivity index (χ0n) is 13.2. The van der Waals surface area contributed by atoms with Gasteiger partial charge in [0.15, 0.2) is 0 Å². The minimum atomic E-state index is 0.337. The molecule has 2 aliphatic heterocycles. The molecule has 0 radical (unpaired) electrons. The van der Waals surface area contributed by atoms with Crippen molar-refractivity contribution in [2.75, 3.05) is 39.3 Å². The van der Waals surface area contributed by atoms with Crippen LogP contribution < -0.4 is 5.32 Å². The van der Waals surface area contributed by atoms with Crippen molar-refractivity contribution in [2.24, 2.45) is 5.92 Å². The summed E-state index contributed by atoms with van der Waals surface area (Å²) in [5.74, 6) is 1.04. The minimum Gasteiger partial charge on any atom is -0.340 e. The lowest BCUT2D eigenvalue weighted by Gasteiger charge is -2.34. The normalized spacial score (nSPS) is 22.9. The molecule has 22 heavy (non-hydrogen) atoms. The molecule has 1 amide bonds. The molecule has 5 heteroatoms. The molecular weight excluding hydrogens is 276 g/mol. The van der Waals surface area contributed by atoms with Gasteiger partial charge in [-0.1, -0.05) is 6.07 Å². The van der Waals surface area contributed by atoms with E-state index in [1.54, 1.807) is 0 Å². The largest absolute Gasteiger partial charge is 0.340 e. The molecule has 1 atom stereocenters. The van der Waals surface area contributed by atoms with Gasteiger partial charge >= 0.3 is 0 Å². The lowest BCUT2D eigenvalue weighted by atomic mass is 10.0. The molecule has 3 rings (SSSR count). The molecule has 0 aliphatic carbocycles. The Morgan fingerprint density at radius 1 is 1.27 bits per heavy atom. The molecule has 1 unspecified atom stereocenters. The molecule has 5 nitrogen and oxygen atoms in total. The molecule has 3 heterocycles. The fraction of sp³-hybridized carbons (Fsp3) is 0.647. The second-order valence-electron chi connectivity index (χ2n) is 6.38. The van der Waals surface area contributed by atoms with E-state index in [4.69, 9.17) is 0 Å². The van der Waals surface area contributed by atoms with E-state index in [2.05, 4.69) is 21.3 Å². The summed E-state index contributed by atoms with van der Waals surface area (Å²) in [6.07, 6.45) is 4.82. The molecule has 0 bridgehead atoms. The molecule has 2 aliphatic rings. The SMILES string of the molecule is O=C(CCC1CCNC1)N1CCN(Cc2ccccn2)CC1. The summed E-state index contributed by atoms with van der Waals surface area (Å²) in [6.45, 7) is 6.70. The maximum Gasteiger partial charge on any atom is 0.222 e. The van der Waals surface area contributed by atoms with Crippen LogP contribution in [0.2, 0.25) is 0 Å². The first-order valence-electron chi connectivity index (χ1n) is 8.42. The van der Waals surface area contributed by atoms with Crippen LogP contribution in [-0.2, 0) is 11.3 Å². The van der Waals surface area contributed by atoms with Crippen LogP contribution in [0.3, 0.4) is 0 Å². The maximum atomic E-state index is 12.3. The van der Waals surface area contributed by atoms with Crippen LogP contribution in [-0.4, -0.2) is 60.0 Å². The van der Waals surface area contributed by atoms with Crippen molar-refractivity contribution in [2.45, 2.75) is 25.8 Å². The standard InChI is InChI=1S/C17H26N4O/c22-17(5-4-15-6-8-18-13-15)21-11-9-20(10-12-21)14-16-3-1-2-7-19-16/h1-3,7,15,18H,4-6,8-14H2. The monoisotopic (exact) mass is 302 g/mol. The van der Waals surface area contributed by atoms with Gasteiger partial charge in [-0.2, -0.15) is 0 Å². The zero-order chi connectivity index (χ0) is 15.2. The van der Waals surface area contributed by atoms with Crippen molar-refractivity contribution < 1.29 is 4.79 Å². The number of hydrogen-bond acceptors (Lipinski definition) is 4. The van der Waals surface area contributed by atoms with Gasteiger partial charge in [-0.05, 0) is 44.0 Å². The number of nitrogens with zero attached hydrogens (tertiary/aromatic N) is 3. The van der Waals surface area contributed by atoms with Gasteiger partial charge in [0.25, 0.3) is 0 Å². The van der Waals surface area contributed by atoms with Crippen LogP contribution >= 0.6 is 0 Å². The van der Waals surface area contributed by atoms with E-state index < -0.39 is 0 Å². The average Bonchev–Trinajstić information content (AvgIpc) is 3.08. The first-order chi connectivity index (χ1) is 10.8. The molecular formula is C17H26N4O. The van der Waals surface area contributed by atoms with E-state index in [0.29, 0.717) is 18.2 Å². The van der Waals surface area contributed by atoms with Crippen LogP contribution in [0.1, 0.15) is 25.0 Å². The van der Waals surface area contributed by atoms with Gasteiger partial charge in [0, 0.05) is 45.3 Å². The maximum absolute atomic E-state index is 12.3. The molecule has 2 saturated heterocycles. The van der Waals surface area contributed by atoms with Crippen molar-refractivity contribution in [3.63, 3.8) is 0 Å². The van der Waals surface area contributed by atoms with Gasteiger partial charge < -0.3 is 10.2 Å². The second kappa shape index (κ2) is 7.70. The van der Waals surface area contributed by atoms with E-state index in [1.807, 2.05) is 23.2 Å². The zero-order valence-corrected chi connectivity index (χ0v) is 13.2. The van der Waals surface area contributed by atoms with Crippen LogP contribution in [0.4, 0.5) is 0 Å². The molecule has 1 aromatic heterocycles. The third kappa shape index (κ3) is 4.27. The summed E-state index contributed by atoms with van der Waals surface area (Å²) >= 11 is 0. The Morgan fingerprint density at radius 3 is 2.82 bits per heavy atom. The van der Waals surface area contributed by atoms with Crippen LogP contribution in [0, 0.1) is 5.92 Å². The molecule has 0 spiro atoms. The van der Waals surface area contributed by atoms with E-state index in [9.17, 15) is 4.79 Å². The van der Waals surface area contributed by atoms with Gasteiger partial charge in [0.05, 0.1) is 5.69 Å². The predicted octanol–water partition coefficient (Wildman–Crippen LogP) is 1.12. The smallest absolute Gasteiger partial charge is 0.222 e. The summed E-state index contributed by atoms with van der Waals surface area (Å²) in [6, 6.07) is 6.03. The predicted molar refractivity (Wildman–Crippen MR) is 86.3 cm³/mol. The molecule has 2 fully saturated rings. The summed E-state index contributed by atoms with van der Waals surface area (Å²) in [7, 11) is 0. The first kappa shape index (κ1) is 15.4. The highest BCUT2D eigenvalue weighted by Gasteiger charge is 2.22. The number of pyridine rings is 1. The van der Waals surface area contributed by atoms with E-state index in [1.165, 1.54) is 6.42 Å². The van der Waals surface area contributed by atoms with E-state index >= 15 is 0 Å². The molecule has 120 valence electrons. The van der Waals surface area contributed by atoms with Crippen molar-refractivity contribution in [3.05, 3.63) is 30.1 Å². The van der Waals surface area contributed by atoms with Gasteiger partial charge in [0.1, 0.15) is 0 Å². The van der Waals surface area contributed by atoms with E-state index in [-0.39, 0.29) is 0 Å². The van der Waals surface area contributed by atoms with Crippen molar-refractivity contribution in [1.82, 2.24) is 20.1 Å². The Labute approximate surface area is 132 Å². The Balaban J connectivity index is 1.38. The fourth-order valence-electron chi connectivity index (χ4n) is 3.32. The van der Waals surface area contributed by atoms with Crippen molar-refractivity contribution in [3.8, 4) is 0 Å². The van der Waals surface area contributed by atoms with Crippen LogP contribution in [0.25, 0.3) is 0 Å². The first-order valence-corrected chi connectivity index (χ1v) is 8.42. The lowest BCUT2D eigenvalue weighted by Crippen LogP contribution is -2.48. The molecule has 1 N–H and O–H groups in total. The number of carbonyl (C=O) groups is 1. The number of aromatic nitrogens is 1. The summed E-state index contributed by atoms with van der Waals surface area (Å²) in [5, 5.41) is 3.37. The highest BCUT2D eigenvalue weighted by atomic mass is 16.2.